The van der Waals surface area contributed by atoms with Crippen LogP contribution in [0.3, 0.4) is 0 Å². The number of hydrogen-bond acceptors (Lipinski definition) is 2. The van der Waals surface area contributed by atoms with Crippen LogP contribution in [-0.4, -0.2) is 18.6 Å². The normalized spacial score (nSPS) is 25.4. The Morgan fingerprint density at radius 2 is 1.81 bits per heavy atom. The van der Waals surface area contributed by atoms with Crippen molar-refractivity contribution >= 4 is 5.91 Å². The first-order valence-corrected chi connectivity index (χ1v) is 9.67. The number of ether oxygens (including phenoxy) is 1. The van der Waals surface area contributed by atoms with E-state index in [1.807, 2.05) is 37.3 Å². The van der Waals surface area contributed by atoms with Gasteiger partial charge in [0.15, 0.2) is 0 Å². The van der Waals surface area contributed by atoms with Crippen molar-refractivity contribution in [2.75, 3.05) is 6.61 Å². The van der Waals surface area contributed by atoms with Crippen LogP contribution in [0.4, 0.5) is 0 Å². The Kier molecular flexibility index (Phi) is 4.47. The zero-order valence-corrected chi connectivity index (χ0v) is 15.6. The summed E-state index contributed by atoms with van der Waals surface area (Å²) in [6.45, 7) is 4.99. The number of benzene rings is 2. The molecule has 4 rings (SSSR count). The van der Waals surface area contributed by atoms with Crippen molar-refractivity contribution in [3.8, 4) is 5.75 Å². The molecule has 0 bridgehead atoms. The van der Waals surface area contributed by atoms with Crippen molar-refractivity contribution < 1.29 is 9.53 Å². The smallest absolute Gasteiger partial charge is 0.251 e. The number of carbonyl (C=O) groups excluding carboxylic acids is 1. The number of para-hydroxylation sites is 1. The summed E-state index contributed by atoms with van der Waals surface area (Å²) in [4.78, 5) is 12.5. The van der Waals surface area contributed by atoms with E-state index < -0.39 is 0 Å². The maximum Gasteiger partial charge on any atom is 0.251 e. The summed E-state index contributed by atoms with van der Waals surface area (Å²) >= 11 is 0. The molecular weight excluding hydrogens is 322 g/mol. The highest BCUT2D eigenvalue weighted by Crippen LogP contribution is 2.49. The summed E-state index contributed by atoms with van der Waals surface area (Å²) in [7, 11) is 0. The van der Waals surface area contributed by atoms with Crippen molar-refractivity contribution in [3.63, 3.8) is 0 Å². The molecule has 1 atom stereocenters. The highest BCUT2D eigenvalue weighted by atomic mass is 16.5. The van der Waals surface area contributed by atoms with Crippen molar-refractivity contribution in [1.82, 2.24) is 5.32 Å². The largest absolute Gasteiger partial charge is 0.492 e. The summed E-state index contributed by atoms with van der Waals surface area (Å²) in [5, 5.41) is 3.21. The van der Waals surface area contributed by atoms with E-state index >= 15 is 0 Å². The van der Waals surface area contributed by atoms with Crippen LogP contribution in [0.5, 0.6) is 5.75 Å². The Morgan fingerprint density at radius 1 is 1.12 bits per heavy atom. The number of rotatable bonds is 3. The monoisotopic (exact) mass is 349 g/mol. The molecule has 1 amide bonds. The molecule has 1 aliphatic carbocycles. The fourth-order valence-electron chi connectivity index (χ4n) is 4.54. The molecule has 26 heavy (non-hydrogen) atoms. The third-order valence-corrected chi connectivity index (χ3v) is 6.33. The van der Waals surface area contributed by atoms with Gasteiger partial charge in [-0.3, -0.25) is 4.79 Å². The first-order valence-electron chi connectivity index (χ1n) is 9.67. The second-order valence-electron chi connectivity index (χ2n) is 8.03. The number of fused-ring (bicyclic) bond motifs is 2. The van der Waals surface area contributed by atoms with Crippen LogP contribution >= 0.6 is 0 Å². The molecule has 0 aromatic heterocycles. The molecule has 1 fully saturated rings. The molecule has 1 unspecified atom stereocenters. The predicted molar refractivity (Wildman–Crippen MR) is 104 cm³/mol. The van der Waals surface area contributed by atoms with Crippen LogP contribution < -0.4 is 10.1 Å². The minimum Gasteiger partial charge on any atom is -0.492 e. The van der Waals surface area contributed by atoms with Gasteiger partial charge in [0, 0.05) is 22.6 Å². The van der Waals surface area contributed by atoms with E-state index in [-0.39, 0.29) is 17.4 Å². The number of carbonyl (C=O) groups is 1. The summed E-state index contributed by atoms with van der Waals surface area (Å²) < 4.78 is 5.95. The van der Waals surface area contributed by atoms with Gasteiger partial charge in [-0.25, -0.2) is 0 Å². The van der Waals surface area contributed by atoms with Crippen LogP contribution in [0.15, 0.2) is 48.5 Å². The quantitative estimate of drug-likeness (QED) is 0.877. The molecule has 1 heterocycles. The van der Waals surface area contributed by atoms with E-state index in [1.54, 1.807) is 0 Å². The van der Waals surface area contributed by atoms with Crippen LogP contribution in [0.25, 0.3) is 0 Å². The first-order chi connectivity index (χ1) is 12.6. The van der Waals surface area contributed by atoms with Gasteiger partial charge in [-0.1, -0.05) is 35.9 Å². The van der Waals surface area contributed by atoms with E-state index in [2.05, 4.69) is 30.4 Å². The third-order valence-electron chi connectivity index (χ3n) is 6.33. The molecule has 1 spiro atoms. The molecule has 2 aliphatic rings. The maximum absolute atomic E-state index is 12.5. The highest BCUT2D eigenvalue weighted by Gasteiger charge is 2.44. The number of hydrogen-bond donors (Lipinski definition) is 1. The van der Waals surface area contributed by atoms with Gasteiger partial charge in [-0.15, -0.1) is 0 Å². The first kappa shape index (κ1) is 17.1. The lowest BCUT2D eigenvalue weighted by molar-refractivity contribution is 0.0905. The van der Waals surface area contributed by atoms with Crippen LogP contribution in [0.2, 0.25) is 0 Å². The molecule has 136 valence electrons. The predicted octanol–water partition coefficient (Wildman–Crippen LogP) is 4.63. The SMILES string of the molecule is Cc1ccc(C(=O)NC(C)C2CCC3(CC2)COc2ccccc23)cc1. The summed E-state index contributed by atoms with van der Waals surface area (Å²) in [5.41, 5.74) is 3.49. The molecule has 1 N–H and O–H groups in total. The van der Waals surface area contributed by atoms with E-state index in [4.69, 9.17) is 4.74 Å². The highest BCUT2D eigenvalue weighted by molar-refractivity contribution is 5.94. The Morgan fingerprint density at radius 3 is 2.54 bits per heavy atom. The molecule has 1 saturated carbocycles. The lowest BCUT2D eigenvalue weighted by atomic mass is 9.66. The second-order valence-corrected chi connectivity index (χ2v) is 8.03. The van der Waals surface area contributed by atoms with Crippen molar-refractivity contribution in [3.05, 3.63) is 65.2 Å². The molecule has 2 aromatic carbocycles. The van der Waals surface area contributed by atoms with E-state index in [0.717, 1.165) is 43.6 Å². The lowest BCUT2D eigenvalue weighted by Crippen LogP contribution is -2.42. The Hall–Kier alpha value is -2.29. The van der Waals surface area contributed by atoms with Gasteiger partial charge in [-0.05, 0) is 63.6 Å². The second kappa shape index (κ2) is 6.79. The standard InChI is InChI=1S/C23H27NO2/c1-16-7-9-19(10-8-16)22(25)24-17(2)18-11-13-23(14-12-18)15-26-21-6-4-3-5-20(21)23/h3-10,17-18H,11-15H2,1-2H3,(H,24,25). The zero-order chi connectivity index (χ0) is 18.1. The van der Waals surface area contributed by atoms with Gasteiger partial charge in [-0.2, -0.15) is 0 Å². The summed E-state index contributed by atoms with van der Waals surface area (Å²) in [6, 6.07) is 16.5. The van der Waals surface area contributed by atoms with Crippen molar-refractivity contribution in [1.29, 1.82) is 0 Å². The van der Waals surface area contributed by atoms with Crippen molar-refractivity contribution in [2.45, 2.75) is 51.0 Å². The van der Waals surface area contributed by atoms with Gasteiger partial charge >= 0.3 is 0 Å². The minimum atomic E-state index is 0.0346. The summed E-state index contributed by atoms with van der Waals surface area (Å²) in [5.74, 6) is 1.63. The Balaban J connectivity index is 1.37. The topological polar surface area (TPSA) is 38.3 Å². The third kappa shape index (κ3) is 3.11. The van der Waals surface area contributed by atoms with Crippen LogP contribution in [-0.2, 0) is 5.41 Å². The number of aryl methyl sites for hydroxylation is 1. The summed E-state index contributed by atoms with van der Waals surface area (Å²) in [6.07, 6.45) is 4.54. The van der Waals surface area contributed by atoms with Crippen LogP contribution in [0, 0.1) is 12.8 Å². The molecule has 3 heteroatoms. The molecular formula is C23H27NO2. The van der Waals surface area contributed by atoms with E-state index in [1.165, 1.54) is 11.1 Å². The maximum atomic E-state index is 12.5. The number of amides is 1. The number of nitrogens with one attached hydrogen (secondary N) is 1. The van der Waals surface area contributed by atoms with E-state index in [0.29, 0.717) is 5.92 Å². The Labute approximate surface area is 155 Å². The molecule has 3 nitrogen and oxygen atoms in total. The zero-order valence-electron chi connectivity index (χ0n) is 15.6. The average molecular weight is 349 g/mol. The van der Waals surface area contributed by atoms with E-state index in [9.17, 15) is 4.79 Å². The fourth-order valence-corrected chi connectivity index (χ4v) is 4.54. The van der Waals surface area contributed by atoms with Gasteiger partial charge in [0.05, 0.1) is 6.61 Å². The van der Waals surface area contributed by atoms with Gasteiger partial charge < -0.3 is 10.1 Å². The molecule has 0 saturated heterocycles. The van der Waals surface area contributed by atoms with Gasteiger partial charge in [0.25, 0.3) is 5.91 Å². The van der Waals surface area contributed by atoms with Crippen molar-refractivity contribution in [2.24, 2.45) is 5.92 Å². The minimum absolute atomic E-state index is 0.0346. The molecule has 0 radical (unpaired) electrons. The van der Waals surface area contributed by atoms with Gasteiger partial charge in [0.2, 0.25) is 0 Å². The Bertz CT molecular complexity index is 788. The van der Waals surface area contributed by atoms with Gasteiger partial charge in [0.1, 0.15) is 5.75 Å². The fraction of sp³-hybridized carbons (Fsp3) is 0.435. The molecule has 2 aromatic rings. The average Bonchev–Trinajstić information content (AvgIpc) is 3.01. The lowest BCUT2D eigenvalue weighted by Gasteiger charge is -2.38. The van der Waals surface area contributed by atoms with Crippen LogP contribution in [0.1, 0.15) is 54.1 Å². The molecule has 1 aliphatic heterocycles.